The Morgan fingerprint density at radius 3 is 2.53 bits per heavy atom. The molecule has 0 N–H and O–H groups in total. The Hall–Kier alpha value is -1.88. The summed E-state index contributed by atoms with van der Waals surface area (Å²) in [4.78, 5) is 24.4. The smallest absolute Gasteiger partial charge is 0.263 e. The number of halogens is 1. The molecule has 0 heterocycles. The predicted molar refractivity (Wildman–Crippen MR) is 62.8 cm³/mol. The molecule has 1 atom stereocenters. The number of hydrogen-bond donors (Lipinski definition) is 0. The van der Waals surface area contributed by atoms with Crippen LogP contribution in [0.25, 0.3) is 6.08 Å². The number of rotatable bonds is 4. The topological polar surface area (TPSA) is 69.4 Å². The zero-order chi connectivity index (χ0) is 12.8. The Labute approximate surface area is 103 Å². The van der Waals surface area contributed by atoms with Crippen molar-refractivity contribution in [1.29, 1.82) is 0 Å². The Morgan fingerprint density at radius 1 is 1.47 bits per heavy atom. The highest BCUT2D eigenvalue weighted by Crippen LogP contribution is 2.19. The highest BCUT2D eigenvalue weighted by atomic mass is 35.5. The fraction of sp³-hybridized carbons (Fsp3) is 0.182. The average molecular weight is 256 g/mol. The third kappa shape index (κ3) is 4.65. The summed E-state index contributed by atoms with van der Waals surface area (Å²) in [5.74, 6) is -1.02. The summed E-state index contributed by atoms with van der Waals surface area (Å²) in [5, 5.41) is 8.62. The molecule has 0 aliphatic carbocycles. The lowest BCUT2D eigenvalue weighted by atomic mass is 10.1. The maximum Gasteiger partial charge on any atom is 0.327 e. The van der Waals surface area contributed by atoms with E-state index >= 15 is 0 Å². The van der Waals surface area contributed by atoms with Crippen LogP contribution in [0.5, 0.6) is 0 Å². The Morgan fingerprint density at radius 2 is 2.06 bits per heavy atom. The second kappa shape index (κ2) is 6.00. The quantitative estimate of drug-likeness (QED) is 0.359. The summed E-state index contributed by atoms with van der Waals surface area (Å²) in [5.41, 5.74) is 1.68. The fourth-order valence-electron chi connectivity index (χ4n) is 1.14. The van der Waals surface area contributed by atoms with Crippen LogP contribution < -0.4 is 0 Å². The summed E-state index contributed by atoms with van der Waals surface area (Å²) in [6, 6.07) is 7.14. The van der Waals surface area contributed by atoms with Crippen molar-refractivity contribution in [3.8, 4) is 0 Å². The van der Waals surface area contributed by atoms with Gasteiger partial charge in [-0.15, -0.1) is 21.7 Å². The Balaban J connectivity index is 2.66. The molecule has 0 amide bonds. The van der Waals surface area contributed by atoms with Crippen molar-refractivity contribution in [2.75, 3.05) is 0 Å². The van der Waals surface area contributed by atoms with E-state index in [4.69, 9.17) is 11.6 Å². The number of carbonyl (C=O) groups is 1. The summed E-state index contributed by atoms with van der Waals surface area (Å²) in [6.45, 7) is 1.85. The van der Waals surface area contributed by atoms with E-state index in [0.717, 1.165) is 17.2 Å². The van der Waals surface area contributed by atoms with Crippen LogP contribution in [-0.2, 0) is 9.63 Å². The lowest BCUT2D eigenvalue weighted by Gasteiger charge is -2.02. The van der Waals surface area contributed by atoms with Crippen LogP contribution in [-0.4, -0.2) is 11.1 Å². The number of carbonyl (C=O) groups excluding carboxylic acids is 1. The van der Waals surface area contributed by atoms with E-state index < -0.39 is 11.1 Å². The molecule has 0 aromatic heterocycles. The average Bonchev–Trinajstić information content (AvgIpc) is 2.26. The van der Waals surface area contributed by atoms with Gasteiger partial charge in [-0.2, -0.15) is 0 Å². The lowest BCUT2D eigenvalue weighted by Crippen LogP contribution is -2.06. The van der Waals surface area contributed by atoms with Gasteiger partial charge in [0.2, 0.25) is 0 Å². The van der Waals surface area contributed by atoms with Gasteiger partial charge in [-0.05, 0) is 24.1 Å². The van der Waals surface area contributed by atoms with Crippen molar-refractivity contribution >= 4 is 23.6 Å². The Bertz CT molecular complexity index is 439. The van der Waals surface area contributed by atoms with Gasteiger partial charge in [-0.3, -0.25) is 4.79 Å². The maximum atomic E-state index is 10.8. The molecule has 1 rings (SSSR count). The van der Waals surface area contributed by atoms with Crippen molar-refractivity contribution in [3.63, 3.8) is 0 Å². The van der Waals surface area contributed by atoms with Gasteiger partial charge in [-0.1, -0.05) is 24.3 Å². The third-order valence-corrected chi connectivity index (χ3v) is 2.22. The zero-order valence-electron chi connectivity index (χ0n) is 9.00. The van der Waals surface area contributed by atoms with E-state index in [1.165, 1.54) is 6.08 Å². The van der Waals surface area contributed by atoms with Crippen LogP contribution in [0.3, 0.4) is 0 Å². The molecule has 0 aliphatic rings. The first-order valence-corrected chi connectivity index (χ1v) is 5.21. The van der Waals surface area contributed by atoms with Gasteiger partial charge in [-0.25, -0.2) is 4.84 Å². The molecule has 1 aromatic rings. The van der Waals surface area contributed by atoms with Gasteiger partial charge in [0, 0.05) is 6.08 Å². The van der Waals surface area contributed by atoms with E-state index in [0.29, 0.717) is 0 Å². The molecule has 1 unspecified atom stereocenters. The second-order valence-corrected chi connectivity index (χ2v) is 3.90. The van der Waals surface area contributed by atoms with Gasteiger partial charge in [0.25, 0.3) is 0 Å². The third-order valence-electron chi connectivity index (χ3n) is 1.97. The molecular weight excluding hydrogens is 246 g/mol. The molecule has 0 spiro atoms. The van der Waals surface area contributed by atoms with Crippen LogP contribution in [0.2, 0.25) is 0 Å². The molecule has 5 nitrogen and oxygen atoms in total. The van der Waals surface area contributed by atoms with E-state index in [9.17, 15) is 14.9 Å². The van der Waals surface area contributed by atoms with Gasteiger partial charge in [0.15, 0.2) is 0 Å². The molecule has 0 aliphatic heterocycles. The molecule has 17 heavy (non-hydrogen) atoms. The molecule has 0 saturated heterocycles. The molecule has 90 valence electrons. The SMILES string of the molecule is CC(Cl)c1ccc(/C=C/C(=O)O[N+](=O)[O-])cc1. The van der Waals surface area contributed by atoms with Crippen LogP contribution in [0.15, 0.2) is 30.3 Å². The van der Waals surface area contributed by atoms with Crippen molar-refractivity contribution in [2.24, 2.45) is 0 Å². The molecule has 0 radical (unpaired) electrons. The number of benzene rings is 1. The highest BCUT2D eigenvalue weighted by molar-refractivity contribution is 6.20. The first kappa shape index (κ1) is 13.2. The minimum absolute atomic E-state index is 0.0903. The normalized spacial score (nSPS) is 12.4. The van der Waals surface area contributed by atoms with Gasteiger partial charge >= 0.3 is 11.1 Å². The minimum Gasteiger partial charge on any atom is -0.263 e. The van der Waals surface area contributed by atoms with Crippen molar-refractivity contribution < 1.29 is 14.7 Å². The second-order valence-electron chi connectivity index (χ2n) is 3.25. The van der Waals surface area contributed by atoms with Crippen LogP contribution in [0.1, 0.15) is 23.4 Å². The molecule has 0 bridgehead atoms. The van der Waals surface area contributed by atoms with Gasteiger partial charge < -0.3 is 0 Å². The van der Waals surface area contributed by atoms with Gasteiger partial charge in [0.1, 0.15) is 0 Å². The number of nitrogens with zero attached hydrogens (tertiary/aromatic N) is 1. The minimum atomic E-state index is -1.15. The molecular formula is C11H10ClNO4. The molecule has 6 heteroatoms. The van der Waals surface area contributed by atoms with Crippen LogP contribution in [0.4, 0.5) is 0 Å². The Kier molecular flexibility index (Phi) is 4.66. The summed E-state index contributed by atoms with van der Waals surface area (Å²) >= 11 is 5.87. The first-order valence-electron chi connectivity index (χ1n) is 4.77. The van der Waals surface area contributed by atoms with E-state index in [-0.39, 0.29) is 5.38 Å². The molecule has 1 aromatic carbocycles. The standard InChI is InChI=1S/C11H10ClNO4/c1-8(12)10-5-2-9(3-6-10)4-7-11(14)17-13(15)16/h2-8H,1H3/b7-4+. The first-order chi connectivity index (χ1) is 7.99. The largest absolute Gasteiger partial charge is 0.327 e. The number of alkyl halides is 1. The van der Waals surface area contributed by atoms with Gasteiger partial charge in [0.05, 0.1) is 5.38 Å². The fourth-order valence-corrected chi connectivity index (χ4v) is 1.29. The zero-order valence-corrected chi connectivity index (χ0v) is 9.76. The highest BCUT2D eigenvalue weighted by Gasteiger charge is 2.02. The van der Waals surface area contributed by atoms with Crippen molar-refractivity contribution in [3.05, 3.63) is 51.6 Å². The summed E-state index contributed by atoms with van der Waals surface area (Å²) in [7, 11) is 0. The summed E-state index contributed by atoms with van der Waals surface area (Å²) < 4.78 is 0. The van der Waals surface area contributed by atoms with E-state index in [1.54, 1.807) is 12.1 Å². The lowest BCUT2D eigenvalue weighted by molar-refractivity contribution is -0.728. The van der Waals surface area contributed by atoms with Crippen molar-refractivity contribution in [2.45, 2.75) is 12.3 Å². The molecule has 0 saturated carbocycles. The van der Waals surface area contributed by atoms with Crippen LogP contribution >= 0.6 is 11.6 Å². The monoisotopic (exact) mass is 255 g/mol. The number of hydrogen-bond acceptors (Lipinski definition) is 4. The van der Waals surface area contributed by atoms with Crippen molar-refractivity contribution in [1.82, 2.24) is 0 Å². The predicted octanol–water partition coefficient (Wildman–Crippen LogP) is 2.73. The van der Waals surface area contributed by atoms with E-state index in [2.05, 4.69) is 4.84 Å². The molecule has 0 fully saturated rings. The van der Waals surface area contributed by atoms with E-state index in [1.807, 2.05) is 19.1 Å². The van der Waals surface area contributed by atoms with Crippen LogP contribution in [0, 0.1) is 10.1 Å². The summed E-state index contributed by atoms with van der Waals surface area (Å²) in [6.07, 6.45) is 2.41. The maximum absolute atomic E-state index is 10.8.